The fraction of sp³-hybridized carbons (Fsp3) is 0.348. The standard InChI is InChI=1S/C23H23F6N3O4S2/c1-31(2)38(34,35)30-16-4-3-5-17(14-16)37-18-8-6-15(7-9-19(33)32-10-12-36-13-11-32)20(22(24,25)26)21(18)23(27,28)29/h3-9,14,30H,10-13H2,1-2H3/b9-7+. The highest BCUT2D eigenvalue weighted by atomic mass is 32.2. The van der Waals surface area contributed by atoms with E-state index in [9.17, 15) is 39.6 Å². The summed E-state index contributed by atoms with van der Waals surface area (Å²) in [5, 5.41) is 0. The van der Waals surface area contributed by atoms with E-state index in [2.05, 4.69) is 4.72 Å². The van der Waals surface area contributed by atoms with Gasteiger partial charge < -0.3 is 9.64 Å². The number of carbonyl (C=O) groups excluding carboxylic acids is 1. The average molecular weight is 584 g/mol. The molecule has 1 amide bonds. The first-order valence-corrected chi connectivity index (χ1v) is 13.2. The van der Waals surface area contributed by atoms with Crippen LogP contribution < -0.4 is 4.72 Å². The van der Waals surface area contributed by atoms with Gasteiger partial charge in [-0.15, -0.1) is 0 Å². The molecule has 1 aliphatic rings. The lowest BCUT2D eigenvalue weighted by Crippen LogP contribution is -2.39. The molecule has 15 heteroatoms. The van der Waals surface area contributed by atoms with E-state index in [0.29, 0.717) is 11.8 Å². The number of hydrogen-bond acceptors (Lipinski definition) is 5. The predicted octanol–water partition coefficient (Wildman–Crippen LogP) is 4.97. The Kier molecular flexibility index (Phi) is 9.06. The molecule has 2 aromatic rings. The van der Waals surface area contributed by atoms with Crippen molar-refractivity contribution in [2.75, 3.05) is 45.1 Å². The Labute approximate surface area is 219 Å². The third-order valence-corrected chi connectivity index (χ3v) is 7.79. The summed E-state index contributed by atoms with van der Waals surface area (Å²) in [5.41, 5.74) is -4.64. The number of benzene rings is 2. The monoisotopic (exact) mass is 583 g/mol. The molecule has 38 heavy (non-hydrogen) atoms. The SMILES string of the molecule is CN(C)S(=O)(=O)Nc1cccc(Sc2ccc(/C=C/C(=O)N3CCOCC3)c(C(F)(F)F)c2C(F)(F)F)c1. The first kappa shape index (κ1) is 29.8. The molecule has 1 fully saturated rings. The van der Waals surface area contributed by atoms with Gasteiger partial charge in [0, 0.05) is 43.1 Å². The van der Waals surface area contributed by atoms with Crippen molar-refractivity contribution < 1.29 is 44.3 Å². The minimum Gasteiger partial charge on any atom is -0.378 e. The maximum Gasteiger partial charge on any atom is 0.418 e. The largest absolute Gasteiger partial charge is 0.418 e. The van der Waals surface area contributed by atoms with Crippen LogP contribution in [0, 0.1) is 0 Å². The van der Waals surface area contributed by atoms with E-state index >= 15 is 0 Å². The van der Waals surface area contributed by atoms with Gasteiger partial charge in [0.05, 0.1) is 30.0 Å². The van der Waals surface area contributed by atoms with Gasteiger partial charge in [0.15, 0.2) is 0 Å². The molecule has 208 valence electrons. The lowest BCUT2D eigenvalue weighted by molar-refractivity contribution is -0.163. The summed E-state index contributed by atoms with van der Waals surface area (Å²) in [6.07, 6.45) is -9.26. The van der Waals surface area contributed by atoms with Crippen LogP contribution >= 0.6 is 11.8 Å². The van der Waals surface area contributed by atoms with Crippen molar-refractivity contribution in [3.63, 3.8) is 0 Å². The second kappa shape index (κ2) is 11.6. The van der Waals surface area contributed by atoms with E-state index in [0.717, 1.165) is 28.6 Å². The second-order valence-corrected chi connectivity index (χ2v) is 11.2. The zero-order valence-corrected chi connectivity index (χ0v) is 21.7. The number of ether oxygens (including phenoxy) is 1. The van der Waals surface area contributed by atoms with Crippen LogP contribution in [0.4, 0.5) is 32.0 Å². The van der Waals surface area contributed by atoms with Gasteiger partial charge in [0.2, 0.25) is 5.91 Å². The van der Waals surface area contributed by atoms with Gasteiger partial charge in [-0.1, -0.05) is 23.9 Å². The van der Waals surface area contributed by atoms with Crippen molar-refractivity contribution in [2.24, 2.45) is 0 Å². The number of morpholine rings is 1. The Morgan fingerprint density at radius 3 is 2.24 bits per heavy atom. The fourth-order valence-corrected chi connectivity index (χ4v) is 5.10. The number of nitrogens with zero attached hydrogens (tertiary/aromatic N) is 2. The van der Waals surface area contributed by atoms with Crippen LogP contribution in [0.2, 0.25) is 0 Å². The van der Waals surface area contributed by atoms with E-state index in [1.165, 1.54) is 43.3 Å². The van der Waals surface area contributed by atoms with Crippen LogP contribution in [-0.4, -0.2) is 63.9 Å². The van der Waals surface area contributed by atoms with Gasteiger partial charge in [-0.3, -0.25) is 9.52 Å². The molecule has 0 aliphatic carbocycles. The molecule has 0 bridgehead atoms. The minimum absolute atomic E-state index is 0.00878. The van der Waals surface area contributed by atoms with Gasteiger partial charge in [0.1, 0.15) is 0 Å². The number of carbonyl (C=O) groups is 1. The molecule has 2 aromatic carbocycles. The Morgan fingerprint density at radius 1 is 1.03 bits per heavy atom. The summed E-state index contributed by atoms with van der Waals surface area (Å²) in [6, 6.07) is 6.98. The van der Waals surface area contributed by atoms with Crippen molar-refractivity contribution in [1.82, 2.24) is 9.21 Å². The zero-order valence-electron chi connectivity index (χ0n) is 20.1. The third kappa shape index (κ3) is 7.42. The van der Waals surface area contributed by atoms with Crippen molar-refractivity contribution in [2.45, 2.75) is 22.1 Å². The Morgan fingerprint density at radius 2 is 1.66 bits per heavy atom. The number of rotatable bonds is 7. The molecular formula is C23H23F6N3O4S2. The number of alkyl halides is 6. The molecule has 7 nitrogen and oxygen atoms in total. The normalized spacial score (nSPS) is 15.3. The molecule has 0 aromatic heterocycles. The molecule has 3 rings (SSSR count). The molecule has 1 aliphatic heterocycles. The van der Waals surface area contributed by atoms with Crippen LogP contribution in [0.25, 0.3) is 6.08 Å². The topological polar surface area (TPSA) is 79.0 Å². The summed E-state index contributed by atoms with van der Waals surface area (Å²) in [5.74, 6) is -0.648. The van der Waals surface area contributed by atoms with Gasteiger partial charge >= 0.3 is 22.6 Å². The first-order chi connectivity index (χ1) is 17.6. The summed E-state index contributed by atoms with van der Waals surface area (Å²) < 4.78 is 117. The van der Waals surface area contributed by atoms with Gasteiger partial charge in [0.25, 0.3) is 0 Å². The number of hydrogen-bond donors (Lipinski definition) is 1. The minimum atomic E-state index is -5.40. The molecule has 0 radical (unpaired) electrons. The molecule has 1 N–H and O–H groups in total. The Balaban J connectivity index is 2.03. The zero-order chi connectivity index (χ0) is 28.3. The third-order valence-electron chi connectivity index (χ3n) is 5.28. The first-order valence-electron chi connectivity index (χ1n) is 10.9. The molecule has 1 saturated heterocycles. The highest BCUT2D eigenvalue weighted by Gasteiger charge is 2.46. The molecule has 0 spiro atoms. The Hall–Kier alpha value is -2.75. The quantitative estimate of drug-likeness (QED) is 0.368. The van der Waals surface area contributed by atoms with Crippen molar-refractivity contribution >= 4 is 39.6 Å². The maximum atomic E-state index is 14.1. The van der Waals surface area contributed by atoms with E-state index in [4.69, 9.17) is 4.74 Å². The molecule has 0 saturated carbocycles. The fourth-order valence-electron chi connectivity index (χ4n) is 3.45. The lowest BCUT2D eigenvalue weighted by atomic mass is 9.99. The molecule has 0 unspecified atom stereocenters. The number of halogens is 6. The number of anilines is 1. The van der Waals surface area contributed by atoms with Crippen LogP contribution in [0.5, 0.6) is 0 Å². The van der Waals surface area contributed by atoms with Crippen LogP contribution in [-0.2, 0) is 32.1 Å². The van der Waals surface area contributed by atoms with E-state index in [1.54, 1.807) is 0 Å². The Bertz CT molecular complexity index is 1310. The van der Waals surface area contributed by atoms with E-state index in [-0.39, 0.29) is 36.9 Å². The lowest BCUT2D eigenvalue weighted by Gasteiger charge is -2.25. The molecular weight excluding hydrogens is 560 g/mol. The summed E-state index contributed by atoms with van der Waals surface area (Å²) in [6.45, 7) is 0.912. The van der Waals surface area contributed by atoms with Crippen molar-refractivity contribution in [3.8, 4) is 0 Å². The highest BCUT2D eigenvalue weighted by Crippen LogP contribution is 2.48. The number of amides is 1. The number of nitrogens with one attached hydrogen (secondary N) is 1. The maximum absolute atomic E-state index is 14.1. The smallest absolute Gasteiger partial charge is 0.378 e. The van der Waals surface area contributed by atoms with E-state index in [1.807, 2.05) is 0 Å². The highest BCUT2D eigenvalue weighted by molar-refractivity contribution is 7.99. The van der Waals surface area contributed by atoms with Crippen LogP contribution in [0.1, 0.15) is 16.7 Å². The van der Waals surface area contributed by atoms with Crippen molar-refractivity contribution in [3.05, 3.63) is 59.2 Å². The van der Waals surface area contributed by atoms with Crippen LogP contribution in [0.15, 0.2) is 52.3 Å². The molecule has 0 atom stereocenters. The van der Waals surface area contributed by atoms with Gasteiger partial charge in [-0.25, -0.2) is 0 Å². The average Bonchev–Trinajstić information content (AvgIpc) is 2.81. The predicted molar refractivity (Wildman–Crippen MR) is 130 cm³/mol. The van der Waals surface area contributed by atoms with Crippen molar-refractivity contribution in [1.29, 1.82) is 0 Å². The van der Waals surface area contributed by atoms with E-state index < -0.39 is 50.1 Å². The van der Waals surface area contributed by atoms with Gasteiger partial charge in [-0.2, -0.15) is 39.1 Å². The summed E-state index contributed by atoms with van der Waals surface area (Å²) in [4.78, 5) is 13.0. The summed E-state index contributed by atoms with van der Waals surface area (Å²) in [7, 11) is -1.40. The molecule has 1 heterocycles. The van der Waals surface area contributed by atoms with Crippen LogP contribution in [0.3, 0.4) is 0 Å². The second-order valence-electron chi connectivity index (χ2n) is 8.19. The van der Waals surface area contributed by atoms with Gasteiger partial charge in [-0.05, 0) is 35.9 Å². The summed E-state index contributed by atoms with van der Waals surface area (Å²) >= 11 is 0.394.